The zero-order valence-corrected chi connectivity index (χ0v) is 70.7. The number of ether oxygens (including phenoxy) is 12. The van der Waals surface area contributed by atoms with Crippen LogP contribution in [0.3, 0.4) is 0 Å². The Morgan fingerprint density at radius 2 is 0.779 bits per heavy atom. The molecule has 0 aliphatic rings. The summed E-state index contributed by atoms with van der Waals surface area (Å²) < 4.78 is 105. The number of amidine groups is 6. The van der Waals surface area contributed by atoms with E-state index in [9.17, 15) is 31.2 Å². The van der Waals surface area contributed by atoms with Gasteiger partial charge in [0.15, 0.2) is 46.0 Å². The molecular weight excluding hydrogens is 1630 g/mol. The molecule has 1 amide bonds. The number of hydrogen-bond donors (Lipinski definition) is 18. The fourth-order valence-corrected chi connectivity index (χ4v) is 11.2. The summed E-state index contributed by atoms with van der Waals surface area (Å²) in [5.74, 6) is 8.26. The van der Waals surface area contributed by atoms with Gasteiger partial charge in [0.1, 0.15) is 75.3 Å². The number of nitrogens with one attached hydrogen (secondary N) is 7. The molecule has 0 aliphatic carbocycles. The van der Waals surface area contributed by atoms with Crippen LogP contribution in [0.1, 0.15) is 75.0 Å². The van der Waals surface area contributed by atoms with Gasteiger partial charge >= 0.3 is 11.9 Å². The van der Waals surface area contributed by atoms with Crippen LogP contribution >= 0.6 is 0 Å². The lowest BCUT2D eigenvalue weighted by molar-refractivity contribution is -0.146. The summed E-state index contributed by atoms with van der Waals surface area (Å²) in [5.41, 5.74) is 49.2. The number of benzene rings is 8. The van der Waals surface area contributed by atoms with Gasteiger partial charge in [-0.25, -0.2) is 36.5 Å². The summed E-state index contributed by atoms with van der Waals surface area (Å²) in [4.78, 5) is 41.3. The molecule has 0 radical (unpaired) electrons. The molecule has 9 rings (SSSR count). The summed E-state index contributed by atoms with van der Waals surface area (Å²) in [7, 11) is 5.32. The molecule has 8 aromatic carbocycles. The number of primary amides is 1. The highest BCUT2D eigenvalue weighted by Gasteiger charge is 2.17. The first-order valence-corrected chi connectivity index (χ1v) is 39.4. The molecule has 0 atom stereocenters. The molecule has 41 heteroatoms. The van der Waals surface area contributed by atoms with E-state index in [2.05, 4.69) is 9.82 Å². The van der Waals surface area contributed by atoms with Gasteiger partial charge in [0.25, 0.3) is 0 Å². The van der Waals surface area contributed by atoms with Gasteiger partial charge in [-0.15, -0.1) is 0 Å². The van der Waals surface area contributed by atoms with E-state index in [1.165, 1.54) is 47.7 Å². The van der Waals surface area contributed by atoms with Gasteiger partial charge in [0.2, 0.25) is 21.8 Å². The molecule has 9 aromatic rings. The van der Waals surface area contributed by atoms with E-state index in [1.54, 1.807) is 157 Å². The number of rotatable bonds is 31. The average molecular weight is 1730 g/mol. The summed E-state index contributed by atoms with van der Waals surface area (Å²) in [6, 6.07) is 43.7. The fraction of sp³-hybridized carbons (Fsp3) is 0.247. The van der Waals surface area contributed by atoms with Crippen LogP contribution in [0.25, 0.3) is 10.8 Å². The maximum absolute atomic E-state index is 11.2. The lowest BCUT2D eigenvalue weighted by atomic mass is 10.1. The molecule has 0 bridgehead atoms. The van der Waals surface area contributed by atoms with Crippen LogP contribution in [0.15, 0.2) is 164 Å². The lowest BCUT2D eigenvalue weighted by Gasteiger charge is -2.11. The Bertz CT molecular complexity index is 5140. The Morgan fingerprint density at radius 3 is 1.13 bits per heavy atom. The number of aromatic nitrogens is 1. The number of methoxy groups -OCH3 is 8. The van der Waals surface area contributed by atoms with Gasteiger partial charge in [-0.2, -0.15) is 5.90 Å². The second-order valence-electron chi connectivity index (χ2n) is 24.5. The highest BCUT2D eigenvalue weighted by Crippen LogP contribution is 2.31. The number of sulfonamides is 1. The van der Waals surface area contributed by atoms with Crippen LogP contribution < -0.4 is 104 Å². The van der Waals surface area contributed by atoms with Crippen LogP contribution in [-0.4, -0.2) is 182 Å². The molecule has 0 saturated heterocycles. The van der Waals surface area contributed by atoms with Crippen LogP contribution in [0.5, 0.6) is 57.5 Å². The maximum atomic E-state index is 11.2. The smallest absolute Gasteiger partial charge is 0.344 e. The maximum Gasteiger partial charge on any atom is 0.344 e. The lowest BCUT2D eigenvalue weighted by Crippen LogP contribution is -2.16. The quantitative estimate of drug-likeness (QED) is 0.0112. The second kappa shape index (κ2) is 53.0. The third-order valence-electron chi connectivity index (χ3n) is 15.6. The van der Waals surface area contributed by atoms with E-state index in [0.29, 0.717) is 133 Å². The highest BCUT2D eigenvalue weighted by molar-refractivity contribution is 7.89. The molecular formula is C81H106N18O21S2. The Kier molecular flexibility index (Phi) is 45.0. The molecule has 658 valence electrons. The summed E-state index contributed by atoms with van der Waals surface area (Å²) >= 11 is 0. The first kappa shape index (κ1) is 104. The number of nitrogens with two attached hydrogens (primary N) is 10. The average Bonchev–Trinajstić information content (AvgIpc) is 0.830. The van der Waals surface area contributed by atoms with Crippen LogP contribution in [0.4, 0.5) is 5.82 Å². The molecule has 1 heterocycles. The number of hydrogen-bond acceptors (Lipinski definition) is 31. The molecule has 0 aliphatic heterocycles. The number of pyridine rings is 1. The highest BCUT2D eigenvalue weighted by atomic mass is 32.2. The Hall–Kier alpha value is -14.6. The zero-order valence-electron chi connectivity index (χ0n) is 69.1. The van der Waals surface area contributed by atoms with Crippen molar-refractivity contribution in [2.75, 3.05) is 102 Å². The number of carbonyl (C=O) groups excluding carboxylic acids is 3. The van der Waals surface area contributed by atoms with Gasteiger partial charge < -0.3 is 113 Å². The van der Waals surface area contributed by atoms with Crippen LogP contribution in [-0.2, 0) is 72.9 Å². The first-order chi connectivity index (χ1) is 57.6. The van der Waals surface area contributed by atoms with Gasteiger partial charge in [-0.1, -0.05) is 60.7 Å². The number of sulfone groups is 1. The van der Waals surface area contributed by atoms with E-state index in [-0.39, 0.29) is 78.7 Å². The molecule has 122 heavy (non-hydrogen) atoms. The van der Waals surface area contributed by atoms with Crippen molar-refractivity contribution in [3.63, 3.8) is 0 Å². The molecule has 0 saturated carbocycles. The standard InChI is InChI=1S/2C12H16N2O4.C10H13N3O2.C10H14N2O3S.C10H14N2O2.C10H10N2O.C9H13N3O3S.C8H10N2O2/c2*1-3-17-11(15)7-18-9-5-4-8(12(13)14)6-10(9)16-2;1-15-8-4-7(10(12)13)3-2-6(8)5-9(11)14;1-15-9-5-7(10(11)12)3-4-8(9)6-16(2,13)14;1-14-9-6-8(10(11)12)3-2-7(9)4-5-13;1-13-8-3-2-7-4-5-12-10(11)9(7)6-8;1-15-8-4-6(9(10)11)2-3-7(8)5-16(12,13)14;1-11-7-4-2-3-6(5-7)8(9)12-10/h2*4-6H,3,7H2,1-2H3,(H3,13,14);2-4H,5H2,1H3,(H2,11,14)(H3,12,13);3-5H,6H2,1-2H3,(H3,11,12);2-3,6,13H,4-5H2,1H3,(H3,11,12);2-6H,1H3,(H2,11,12);2-4H,5H2,1H3,(H3,10,11)(H2,12,13,14);2-5,9H,10H2,1H3. The number of primary sulfonamides is 1. The Morgan fingerprint density at radius 1 is 0.418 bits per heavy atom. The van der Waals surface area contributed by atoms with E-state index < -0.39 is 37.7 Å². The first-order valence-electron chi connectivity index (χ1n) is 35.7. The predicted molar refractivity (Wildman–Crippen MR) is 465 cm³/mol. The minimum atomic E-state index is -3.61. The number of aliphatic hydroxyl groups is 1. The zero-order chi connectivity index (χ0) is 92.0. The van der Waals surface area contributed by atoms with Crippen molar-refractivity contribution in [2.24, 2.45) is 51.2 Å². The number of anilines is 1. The molecule has 0 spiro atoms. The number of aliphatic hydroxyl groups excluding tert-OH is 1. The van der Waals surface area contributed by atoms with Crippen molar-refractivity contribution in [2.45, 2.75) is 38.2 Å². The number of carbonyl (C=O) groups is 3. The van der Waals surface area contributed by atoms with Crippen molar-refractivity contribution in [3.05, 3.63) is 225 Å². The van der Waals surface area contributed by atoms with E-state index in [4.69, 9.17) is 157 Å². The van der Waals surface area contributed by atoms with Crippen LogP contribution in [0, 0.1) is 37.9 Å². The predicted octanol–water partition coefficient (Wildman–Crippen LogP) is 5.39. The van der Waals surface area contributed by atoms with E-state index in [0.717, 1.165) is 28.3 Å². The van der Waals surface area contributed by atoms with Gasteiger partial charge in [-0.05, 0) is 128 Å². The van der Waals surface area contributed by atoms with E-state index in [1.807, 2.05) is 30.3 Å². The van der Waals surface area contributed by atoms with Gasteiger partial charge in [0.05, 0.1) is 88.0 Å². The summed E-state index contributed by atoms with van der Waals surface area (Å²) in [6.45, 7) is 3.76. The summed E-state index contributed by atoms with van der Waals surface area (Å²) in [6.07, 6.45) is 3.51. The summed E-state index contributed by atoms with van der Waals surface area (Å²) in [5, 5.41) is 66.6. The third kappa shape index (κ3) is 37.4. The third-order valence-corrected chi connectivity index (χ3v) is 17.2. The van der Waals surface area contributed by atoms with Crippen molar-refractivity contribution in [3.8, 4) is 57.5 Å². The van der Waals surface area contributed by atoms with Crippen molar-refractivity contribution in [1.82, 2.24) is 4.98 Å². The number of nitrogen functional groups attached to an aromatic ring is 7. The molecule has 39 nitrogen and oxygen atoms in total. The largest absolute Gasteiger partial charge is 0.497 e. The Balaban J connectivity index is 0.000000474. The minimum Gasteiger partial charge on any atom is -0.497 e. The number of esters is 2. The SMILES string of the molecule is CCOC(=O)COc1ccc(C(=N)N)cc1OC.CCOC(=O)COc1ccc(C(=N)N)cc1OC.COc1cc(C(=N)N)ccc1CC(N)=O.COc1cc(C(=N)N)ccc1CCO.COc1cc(C(=N)N)ccc1CS(C)(=O)=O.COc1cc(C(=N)N)ccc1CS(N)(=O)=O.COc1ccc2ccnc(N)c2c1.COc1cccc(C(=N)ON)c1. The molecule has 1 aromatic heterocycles. The molecule has 0 fully saturated rings. The van der Waals surface area contributed by atoms with Gasteiger partial charge in [0, 0.05) is 80.1 Å². The molecule has 28 N–H and O–H groups in total. The van der Waals surface area contributed by atoms with Crippen molar-refractivity contribution < 1.29 is 98.0 Å². The Labute approximate surface area is 706 Å². The van der Waals surface area contributed by atoms with Crippen molar-refractivity contribution >= 4 is 95.2 Å². The molecule has 0 unspecified atom stereocenters. The van der Waals surface area contributed by atoms with E-state index >= 15 is 0 Å². The minimum absolute atomic E-state index is 0.0128. The number of amides is 1. The fourth-order valence-electron chi connectivity index (χ4n) is 9.76. The monoisotopic (exact) mass is 1730 g/mol. The topological polar surface area (TPSA) is 700 Å². The number of fused-ring (bicyclic) bond motifs is 1. The van der Waals surface area contributed by atoms with Crippen LogP contribution in [0.2, 0.25) is 0 Å². The second-order valence-corrected chi connectivity index (χ2v) is 28.2. The van der Waals surface area contributed by atoms with Gasteiger partial charge in [-0.3, -0.25) is 42.7 Å². The van der Waals surface area contributed by atoms with Crippen molar-refractivity contribution in [1.29, 1.82) is 37.9 Å². The normalized spacial score (nSPS) is 10.1. The number of nitrogens with zero attached hydrogens (tertiary/aromatic N) is 1.